The molecule has 0 radical (unpaired) electrons. The highest BCUT2D eigenvalue weighted by Gasteiger charge is 2.21. The molecule has 0 aliphatic carbocycles. The highest BCUT2D eigenvalue weighted by atomic mass is 79.9. The maximum absolute atomic E-state index is 11.7. The quantitative estimate of drug-likeness (QED) is 0.837. The van der Waals surface area contributed by atoms with E-state index in [0.29, 0.717) is 12.5 Å². The van der Waals surface area contributed by atoms with E-state index in [1.165, 1.54) is 8.66 Å². The van der Waals surface area contributed by atoms with Crippen LogP contribution in [0.2, 0.25) is 0 Å². The molecule has 2 rings (SSSR count). The Bertz CT molecular complexity index is 491. The normalized spacial score (nSPS) is 17.5. The summed E-state index contributed by atoms with van der Waals surface area (Å²) in [5, 5.41) is 2.89. The molecule has 0 unspecified atom stereocenters. The van der Waals surface area contributed by atoms with Gasteiger partial charge in [0, 0.05) is 18.0 Å². The van der Waals surface area contributed by atoms with Gasteiger partial charge in [0.1, 0.15) is 5.60 Å². The molecule has 1 N–H and O–H groups in total. The van der Waals surface area contributed by atoms with Crippen molar-refractivity contribution in [3.8, 4) is 0 Å². The van der Waals surface area contributed by atoms with Gasteiger partial charge >= 0.3 is 6.09 Å². The number of likely N-dealkylation sites (tertiary alicyclic amines) is 1. The van der Waals surface area contributed by atoms with Gasteiger partial charge < -0.3 is 10.1 Å². The van der Waals surface area contributed by atoms with Gasteiger partial charge in [-0.3, -0.25) is 4.90 Å². The van der Waals surface area contributed by atoms with E-state index in [0.717, 1.165) is 32.5 Å². The number of rotatable bonds is 4. The highest BCUT2D eigenvalue weighted by Crippen LogP contribution is 2.25. The molecule has 6 heteroatoms. The Hall–Kier alpha value is -0.590. The molecule has 0 saturated carbocycles. The van der Waals surface area contributed by atoms with Crippen LogP contribution in [0.5, 0.6) is 0 Å². The second-order valence-corrected chi connectivity index (χ2v) is 9.36. The lowest BCUT2D eigenvalue weighted by Crippen LogP contribution is -2.39. The fraction of sp³-hybridized carbons (Fsp3) is 0.688. The summed E-state index contributed by atoms with van der Waals surface area (Å²) in [6.45, 7) is 9.58. The monoisotopic (exact) mass is 388 g/mol. The first kappa shape index (κ1) is 17.8. The van der Waals surface area contributed by atoms with Crippen LogP contribution in [0.15, 0.2) is 15.9 Å². The largest absolute Gasteiger partial charge is 0.444 e. The molecular weight excluding hydrogens is 364 g/mol. The molecular formula is C16H25BrN2O2S. The average molecular weight is 389 g/mol. The van der Waals surface area contributed by atoms with E-state index in [2.05, 4.69) is 38.3 Å². The van der Waals surface area contributed by atoms with Crippen molar-refractivity contribution in [2.45, 2.75) is 45.8 Å². The number of hydrogen-bond donors (Lipinski definition) is 1. The summed E-state index contributed by atoms with van der Waals surface area (Å²) in [6, 6.07) is 4.29. The lowest BCUT2D eigenvalue weighted by atomic mass is 9.97. The molecule has 1 fully saturated rings. The number of carbonyl (C=O) groups excluding carboxylic acids is 1. The van der Waals surface area contributed by atoms with Gasteiger partial charge in [0.25, 0.3) is 0 Å². The number of halogens is 1. The van der Waals surface area contributed by atoms with Gasteiger partial charge in [-0.05, 0) is 80.7 Å². The highest BCUT2D eigenvalue weighted by molar-refractivity contribution is 9.11. The van der Waals surface area contributed by atoms with Crippen molar-refractivity contribution >= 4 is 33.4 Å². The zero-order valence-corrected chi connectivity index (χ0v) is 15.9. The Morgan fingerprint density at radius 2 is 2.09 bits per heavy atom. The van der Waals surface area contributed by atoms with E-state index in [-0.39, 0.29) is 6.09 Å². The summed E-state index contributed by atoms with van der Waals surface area (Å²) < 4.78 is 6.46. The van der Waals surface area contributed by atoms with Gasteiger partial charge in [0.15, 0.2) is 0 Å². The molecule has 0 bridgehead atoms. The van der Waals surface area contributed by atoms with Crippen molar-refractivity contribution in [2.24, 2.45) is 5.92 Å². The zero-order chi connectivity index (χ0) is 16.2. The van der Waals surface area contributed by atoms with Crippen molar-refractivity contribution in [3.63, 3.8) is 0 Å². The molecule has 124 valence electrons. The fourth-order valence-corrected chi connectivity index (χ4v) is 4.07. The predicted octanol–water partition coefficient (Wildman–Crippen LogP) is 4.25. The first-order valence-corrected chi connectivity index (χ1v) is 9.36. The Morgan fingerprint density at radius 1 is 1.41 bits per heavy atom. The van der Waals surface area contributed by atoms with Crippen LogP contribution in [0.25, 0.3) is 0 Å². The van der Waals surface area contributed by atoms with Gasteiger partial charge in [-0.25, -0.2) is 4.79 Å². The second kappa shape index (κ2) is 7.79. The van der Waals surface area contributed by atoms with Gasteiger partial charge in [-0.1, -0.05) is 0 Å². The lowest BCUT2D eigenvalue weighted by Gasteiger charge is -2.31. The van der Waals surface area contributed by atoms with Crippen molar-refractivity contribution in [1.29, 1.82) is 0 Å². The Labute approximate surface area is 145 Å². The Kier molecular flexibility index (Phi) is 6.29. The summed E-state index contributed by atoms with van der Waals surface area (Å²) in [5.74, 6) is 0.554. The molecule has 1 aliphatic heterocycles. The van der Waals surface area contributed by atoms with E-state index >= 15 is 0 Å². The number of amides is 1. The summed E-state index contributed by atoms with van der Waals surface area (Å²) in [7, 11) is 0. The molecule has 1 aromatic heterocycles. The number of piperidine rings is 1. The van der Waals surface area contributed by atoms with Gasteiger partial charge in [-0.15, -0.1) is 11.3 Å². The first-order valence-electron chi connectivity index (χ1n) is 7.75. The van der Waals surface area contributed by atoms with Gasteiger partial charge in [-0.2, -0.15) is 0 Å². The second-order valence-electron chi connectivity index (χ2n) is 6.81. The Balaban J connectivity index is 1.66. The van der Waals surface area contributed by atoms with E-state index in [9.17, 15) is 4.79 Å². The van der Waals surface area contributed by atoms with Gasteiger partial charge in [0.05, 0.1) is 3.79 Å². The van der Waals surface area contributed by atoms with E-state index < -0.39 is 5.60 Å². The number of alkyl carbamates (subject to hydrolysis) is 1. The van der Waals surface area contributed by atoms with Crippen molar-refractivity contribution in [3.05, 3.63) is 20.8 Å². The molecule has 1 amide bonds. The van der Waals surface area contributed by atoms with E-state index in [4.69, 9.17) is 4.74 Å². The molecule has 1 saturated heterocycles. The summed E-state index contributed by atoms with van der Waals surface area (Å²) in [4.78, 5) is 15.6. The smallest absolute Gasteiger partial charge is 0.407 e. The summed E-state index contributed by atoms with van der Waals surface area (Å²) in [5.41, 5.74) is -0.428. The summed E-state index contributed by atoms with van der Waals surface area (Å²) >= 11 is 5.31. The number of nitrogens with zero attached hydrogens (tertiary/aromatic N) is 1. The minimum atomic E-state index is -0.428. The van der Waals surface area contributed by atoms with Crippen LogP contribution < -0.4 is 5.32 Å². The van der Waals surface area contributed by atoms with Crippen LogP contribution >= 0.6 is 27.3 Å². The molecule has 22 heavy (non-hydrogen) atoms. The summed E-state index contributed by atoms with van der Waals surface area (Å²) in [6.07, 6.45) is 1.95. The van der Waals surface area contributed by atoms with E-state index in [1.54, 1.807) is 11.3 Å². The number of nitrogens with one attached hydrogen (secondary N) is 1. The van der Waals surface area contributed by atoms with Crippen molar-refractivity contribution in [1.82, 2.24) is 10.2 Å². The number of ether oxygens (including phenoxy) is 1. The first-order chi connectivity index (χ1) is 10.3. The van der Waals surface area contributed by atoms with Crippen LogP contribution in [-0.4, -0.2) is 36.2 Å². The van der Waals surface area contributed by atoms with Crippen LogP contribution in [0.4, 0.5) is 4.79 Å². The van der Waals surface area contributed by atoms with Crippen molar-refractivity contribution < 1.29 is 9.53 Å². The molecule has 0 spiro atoms. The Morgan fingerprint density at radius 3 is 2.64 bits per heavy atom. The molecule has 1 aliphatic rings. The maximum Gasteiger partial charge on any atom is 0.407 e. The number of hydrogen-bond acceptors (Lipinski definition) is 4. The van der Waals surface area contributed by atoms with E-state index in [1.807, 2.05) is 20.8 Å². The third kappa shape index (κ3) is 6.26. The zero-order valence-electron chi connectivity index (χ0n) is 13.5. The minimum absolute atomic E-state index is 0.307. The number of thiophene rings is 1. The third-order valence-corrected chi connectivity index (χ3v) is 5.26. The molecule has 1 aromatic rings. The predicted molar refractivity (Wildman–Crippen MR) is 94.3 cm³/mol. The van der Waals surface area contributed by atoms with Crippen LogP contribution in [0, 0.1) is 5.92 Å². The van der Waals surface area contributed by atoms with Crippen LogP contribution in [-0.2, 0) is 11.3 Å². The standard InChI is InChI=1S/C16H25BrN2O2S/c1-16(2,3)21-15(20)18-10-12-6-8-19(9-7-12)11-13-4-5-14(17)22-13/h4-5,12H,6-11H2,1-3H3,(H,18,20). The minimum Gasteiger partial charge on any atom is -0.444 e. The average Bonchev–Trinajstić information content (AvgIpc) is 2.81. The SMILES string of the molecule is CC(C)(C)OC(=O)NCC1CCN(Cc2ccc(Br)s2)CC1. The third-order valence-electron chi connectivity index (χ3n) is 3.65. The number of carbonyl (C=O) groups is 1. The lowest BCUT2D eigenvalue weighted by molar-refractivity contribution is 0.0509. The van der Waals surface area contributed by atoms with Crippen molar-refractivity contribution in [2.75, 3.05) is 19.6 Å². The van der Waals surface area contributed by atoms with Crippen LogP contribution in [0.1, 0.15) is 38.5 Å². The molecule has 4 nitrogen and oxygen atoms in total. The topological polar surface area (TPSA) is 41.6 Å². The maximum atomic E-state index is 11.7. The fourth-order valence-electron chi connectivity index (χ4n) is 2.55. The molecule has 2 heterocycles. The molecule has 0 atom stereocenters. The van der Waals surface area contributed by atoms with Crippen LogP contribution in [0.3, 0.4) is 0 Å². The van der Waals surface area contributed by atoms with Gasteiger partial charge in [0.2, 0.25) is 0 Å². The molecule has 0 aromatic carbocycles.